The number of ether oxygens (including phenoxy) is 2. The van der Waals surface area contributed by atoms with E-state index in [0.717, 1.165) is 28.3 Å². The zero-order valence-corrected chi connectivity index (χ0v) is 22.1. The van der Waals surface area contributed by atoms with Crippen molar-refractivity contribution in [2.45, 2.75) is 60.3 Å². The molecule has 1 amide bonds. The summed E-state index contributed by atoms with van der Waals surface area (Å²) in [7, 11) is 0. The van der Waals surface area contributed by atoms with Crippen LogP contribution in [0.25, 0.3) is 11.3 Å². The van der Waals surface area contributed by atoms with Gasteiger partial charge in [0.25, 0.3) is 5.91 Å². The lowest BCUT2D eigenvalue weighted by atomic mass is 9.72. The molecule has 0 aliphatic carbocycles. The van der Waals surface area contributed by atoms with Crippen LogP contribution in [0.3, 0.4) is 0 Å². The number of carbonyl (C=O) groups is 1. The number of thiazole rings is 1. The monoisotopic (exact) mass is 480 g/mol. The van der Waals surface area contributed by atoms with Crippen LogP contribution in [0, 0.1) is 12.3 Å². The minimum Gasteiger partial charge on any atom is -0.494 e. The zero-order chi connectivity index (χ0) is 24.9. The Kier molecular flexibility index (Phi) is 8.03. The molecule has 182 valence electrons. The summed E-state index contributed by atoms with van der Waals surface area (Å²) in [6, 6.07) is 15.9. The number of hydrogen-bond acceptors (Lipinski definition) is 5. The number of carbonyl (C=O) groups excluding carboxylic acids is 1. The van der Waals surface area contributed by atoms with Crippen LogP contribution in [-0.2, 0) is 10.2 Å². The number of hydrogen-bond donors (Lipinski definition) is 1. The topological polar surface area (TPSA) is 60.5 Å². The maximum Gasteiger partial charge on any atom is 0.264 e. The van der Waals surface area contributed by atoms with Gasteiger partial charge in [-0.15, -0.1) is 11.3 Å². The number of benzene rings is 2. The van der Waals surface area contributed by atoms with E-state index in [0.29, 0.717) is 17.5 Å². The van der Waals surface area contributed by atoms with Crippen LogP contribution in [0.15, 0.2) is 48.5 Å². The van der Waals surface area contributed by atoms with E-state index in [4.69, 9.17) is 9.47 Å². The summed E-state index contributed by atoms with van der Waals surface area (Å²) in [5.74, 6) is 1.27. The van der Waals surface area contributed by atoms with Crippen molar-refractivity contribution in [3.8, 4) is 22.8 Å². The first-order valence-electron chi connectivity index (χ1n) is 11.7. The number of nitrogens with one attached hydrogen (secondary N) is 1. The van der Waals surface area contributed by atoms with Gasteiger partial charge in [-0.3, -0.25) is 10.1 Å². The summed E-state index contributed by atoms with van der Waals surface area (Å²) >= 11 is 1.45. The third kappa shape index (κ3) is 7.07. The zero-order valence-electron chi connectivity index (χ0n) is 21.3. The lowest BCUT2D eigenvalue weighted by Crippen LogP contribution is -2.24. The first kappa shape index (κ1) is 25.8. The van der Waals surface area contributed by atoms with Crippen LogP contribution in [-0.4, -0.2) is 24.1 Å². The van der Waals surface area contributed by atoms with E-state index >= 15 is 0 Å². The molecule has 0 unspecified atom stereocenters. The number of aromatic nitrogens is 1. The predicted octanol–water partition coefficient (Wildman–Crippen LogP) is 7.25. The standard InChI is InChI=1S/C28H36N2O3S/c1-8-32-22-13-9-20(10-14-22)25-19(2)34-26(30-25)29-24(31)17-33-23-15-11-21(12-16-23)28(6,7)18-27(3,4)5/h9-16H,8,17-18H2,1-7H3,(H,29,30,31). The van der Waals surface area contributed by atoms with Gasteiger partial charge in [0.05, 0.1) is 12.3 Å². The Hall–Kier alpha value is -2.86. The third-order valence-electron chi connectivity index (χ3n) is 5.46. The van der Waals surface area contributed by atoms with Crippen molar-refractivity contribution < 1.29 is 14.3 Å². The molecule has 0 saturated heterocycles. The Balaban J connectivity index is 1.57. The number of anilines is 1. The lowest BCUT2D eigenvalue weighted by molar-refractivity contribution is -0.118. The molecule has 0 aliphatic heterocycles. The molecular formula is C28H36N2O3S. The van der Waals surface area contributed by atoms with E-state index in [2.05, 4.69) is 57.1 Å². The molecule has 1 aromatic heterocycles. The van der Waals surface area contributed by atoms with Gasteiger partial charge in [0.15, 0.2) is 11.7 Å². The Bertz CT molecular complexity index is 1090. The van der Waals surface area contributed by atoms with Gasteiger partial charge < -0.3 is 9.47 Å². The van der Waals surface area contributed by atoms with E-state index in [1.54, 1.807) is 0 Å². The third-order valence-corrected chi connectivity index (χ3v) is 6.35. The predicted molar refractivity (Wildman–Crippen MR) is 141 cm³/mol. The van der Waals surface area contributed by atoms with Gasteiger partial charge in [0, 0.05) is 10.4 Å². The van der Waals surface area contributed by atoms with E-state index in [1.807, 2.05) is 50.2 Å². The van der Waals surface area contributed by atoms with Crippen molar-refractivity contribution in [1.82, 2.24) is 4.98 Å². The molecule has 0 bridgehead atoms. The molecule has 3 rings (SSSR count). The highest BCUT2D eigenvalue weighted by atomic mass is 32.1. The average Bonchev–Trinajstić information content (AvgIpc) is 3.11. The van der Waals surface area contributed by atoms with Gasteiger partial charge in [-0.1, -0.05) is 46.8 Å². The largest absolute Gasteiger partial charge is 0.494 e. The highest BCUT2D eigenvalue weighted by molar-refractivity contribution is 7.16. The molecule has 0 spiro atoms. The SMILES string of the molecule is CCOc1ccc(-c2nc(NC(=O)COc3ccc(C(C)(C)CC(C)(C)C)cc3)sc2C)cc1. The molecule has 6 heteroatoms. The molecule has 0 radical (unpaired) electrons. The maximum atomic E-state index is 12.5. The molecule has 3 aromatic rings. The van der Waals surface area contributed by atoms with Crippen LogP contribution >= 0.6 is 11.3 Å². The van der Waals surface area contributed by atoms with Crippen LogP contribution in [0.4, 0.5) is 5.13 Å². The molecule has 0 atom stereocenters. The molecule has 2 aromatic carbocycles. The second kappa shape index (κ2) is 10.6. The van der Waals surface area contributed by atoms with E-state index in [-0.39, 0.29) is 23.3 Å². The summed E-state index contributed by atoms with van der Waals surface area (Å²) in [6.45, 7) is 15.8. The van der Waals surface area contributed by atoms with Gasteiger partial charge in [-0.2, -0.15) is 0 Å². The fourth-order valence-corrected chi connectivity index (χ4v) is 5.18. The quantitative estimate of drug-likeness (QED) is 0.350. The fourth-order valence-electron chi connectivity index (χ4n) is 4.33. The molecule has 0 fully saturated rings. The molecular weight excluding hydrogens is 444 g/mol. The number of amides is 1. The van der Waals surface area contributed by atoms with Gasteiger partial charge in [-0.05, 0) is 73.1 Å². The molecule has 0 saturated carbocycles. The van der Waals surface area contributed by atoms with Crippen molar-refractivity contribution in [1.29, 1.82) is 0 Å². The van der Waals surface area contributed by atoms with E-state index in [9.17, 15) is 4.79 Å². The normalized spacial score (nSPS) is 11.9. The Labute approximate surface area is 207 Å². The smallest absolute Gasteiger partial charge is 0.264 e. The van der Waals surface area contributed by atoms with Crippen molar-refractivity contribution in [2.24, 2.45) is 5.41 Å². The number of rotatable bonds is 9. The molecule has 1 heterocycles. The molecule has 0 aliphatic rings. The molecule has 34 heavy (non-hydrogen) atoms. The second-order valence-corrected chi connectivity index (χ2v) is 11.6. The van der Waals surface area contributed by atoms with Crippen molar-refractivity contribution in [2.75, 3.05) is 18.5 Å². The minimum absolute atomic E-state index is 0.0674. The van der Waals surface area contributed by atoms with Crippen molar-refractivity contribution in [3.63, 3.8) is 0 Å². The van der Waals surface area contributed by atoms with Crippen LogP contribution in [0.5, 0.6) is 11.5 Å². The summed E-state index contributed by atoms with van der Waals surface area (Å²) in [4.78, 5) is 18.1. The summed E-state index contributed by atoms with van der Waals surface area (Å²) < 4.78 is 11.2. The highest BCUT2D eigenvalue weighted by Crippen LogP contribution is 2.36. The van der Waals surface area contributed by atoms with Gasteiger partial charge in [0.1, 0.15) is 11.5 Å². The first-order chi connectivity index (χ1) is 16.0. The van der Waals surface area contributed by atoms with E-state index < -0.39 is 0 Å². The number of nitrogens with zero attached hydrogens (tertiary/aromatic N) is 1. The van der Waals surface area contributed by atoms with Crippen LogP contribution < -0.4 is 14.8 Å². The van der Waals surface area contributed by atoms with Gasteiger partial charge in [0.2, 0.25) is 0 Å². The fraction of sp³-hybridized carbons (Fsp3) is 0.429. The maximum absolute atomic E-state index is 12.5. The number of aryl methyl sites for hydroxylation is 1. The van der Waals surface area contributed by atoms with Crippen LogP contribution in [0.2, 0.25) is 0 Å². The minimum atomic E-state index is -0.232. The van der Waals surface area contributed by atoms with Crippen molar-refractivity contribution >= 4 is 22.4 Å². The highest BCUT2D eigenvalue weighted by Gasteiger charge is 2.27. The van der Waals surface area contributed by atoms with Crippen LogP contribution in [0.1, 0.15) is 58.4 Å². The second-order valence-electron chi connectivity index (χ2n) is 10.4. The summed E-state index contributed by atoms with van der Waals surface area (Å²) in [5.41, 5.74) is 3.43. The average molecular weight is 481 g/mol. The van der Waals surface area contributed by atoms with E-state index in [1.165, 1.54) is 16.9 Å². The van der Waals surface area contributed by atoms with Crippen molar-refractivity contribution in [3.05, 3.63) is 59.0 Å². The van der Waals surface area contributed by atoms with Gasteiger partial charge >= 0.3 is 0 Å². The molecule has 1 N–H and O–H groups in total. The summed E-state index contributed by atoms with van der Waals surface area (Å²) in [6.07, 6.45) is 1.08. The molecule has 5 nitrogen and oxygen atoms in total. The Morgan fingerprint density at radius 2 is 1.53 bits per heavy atom. The lowest BCUT2D eigenvalue weighted by Gasteiger charge is -2.33. The van der Waals surface area contributed by atoms with Gasteiger partial charge in [-0.25, -0.2) is 4.98 Å². The first-order valence-corrected chi connectivity index (χ1v) is 12.5. The summed E-state index contributed by atoms with van der Waals surface area (Å²) in [5, 5.41) is 3.42. The Morgan fingerprint density at radius 1 is 0.941 bits per heavy atom. The Morgan fingerprint density at radius 3 is 2.12 bits per heavy atom.